The highest BCUT2D eigenvalue weighted by Gasteiger charge is 2.40. The highest BCUT2D eigenvalue weighted by Crippen LogP contribution is 2.20. The van der Waals surface area contributed by atoms with Gasteiger partial charge in [-0.3, -0.25) is 24.0 Å². The smallest absolute Gasteiger partial charge is 0.294 e. The molecule has 11 nitrogen and oxygen atoms in total. The van der Waals surface area contributed by atoms with Gasteiger partial charge in [-0.2, -0.15) is 0 Å². The number of ketones is 2. The summed E-state index contributed by atoms with van der Waals surface area (Å²) in [6.45, 7) is 3.24. The van der Waals surface area contributed by atoms with Crippen LogP contribution in [0, 0.1) is 12.8 Å². The lowest BCUT2D eigenvalue weighted by Gasteiger charge is -2.30. The number of halogens is 1. The van der Waals surface area contributed by atoms with Crippen molar-refractivity contribution < 1.29 is 38.2 Å². The molecule has 0 aliphatic carbocycles. The van der Waals surface area contributed by atoms with Crippen LogP contribution < -0.4 is 10.6 Å². The van der Waals surface area contributed by atoms with Gasteiger partial charge in [-0.05, 0) is 25.8 Å². The Morgan fingerprint density at radius 3 is 2.30 bits per heavy atom. The number of nitrogens with zero attached hydrogens (tertiary/aromatic N) is 1. The third-order valence-corrected chi connectivity index (χ3v) is 8.43. The van der Waals surface area contributed by atoms with Crippen molar-refractivity contribution >= 4 is 63.8 Å². The minimum atomic E-state index is -1.47. The second-order valence-corrected chi connectivity index (χ2v) is 11.2. The van der Waals surface area contributed by atoms with Gasteiger partial charge >= 0.3 is 0 Å². The predicted molar refractivity (Wildman–Crippen MR) is 156 cm³/mol. The molecule has 0 spiro atoms. The molecule has 0 saturated carbocycles. The summed E-state index contributed by atoms with van der Waals surface area (Å²) in [7, 11) is 2.79. The van der Waals surface area contributed by atoms with Crippen LogP contribution in [-0.4, -0.2) is 84.4 Å². The number of benzene rings is 1. The molecule has 0 saturated heterocycles. The van der Waals surface area contributed by atoms with E-state index in [-0.39, 0.29) is 37.0 Å². The number of hydrogen-bond donors (Lipinski definition) is 2. The Morgan fingerprint density at radius 1 is 1.07 bits per heavy atom. The molecule has 1 aromatic carbocycles. The average Bonchev–Trinajstić information content (AvgIpc) is 3.38. The minimum absolute atomic E-state index is 0.101. The van der Waals surface area contributed by atoms with Crippen LogP contribution in [0.2, 0.25) is 0 Å². The molecule has 1 aromatic heterocycles. The number of ether oxygens (including phenoxy) is 3. The standard InChI is InChI=1S/C27H34IN3O8S/c1-17-29-12-23(40-17)26(36)31-21(14-38-4)22(33)11-19(13-37-3)25(35)30-20(10-18-8-6-5-7-9-18)24(34)27(2,15-28)39-16-32/h5-9,12,16,19-21H,10-11,13-15H2,1-4H3,(H,30,35)(H,31,36)/t19-,20-,21-,27+/m0/s1. The first kappa shape index (κ1) is 33.5. The number of carbonyl (C=O) groups is 5. The van der Waals surface area contributed by atoms with Crippen molar-refractivity contribution in [2.24, 2.45) is 5.92 Å². The number of aryl methyl sites for hydroxylation is 1. The Morgan fingerprint density at radius 2 is 1.75 bits per heavy atom. The second kappa shape index (κ2) is 16.5. The maximum Gasteiger partial charge on any atom is 0.294 e. The molecule has 0 aliphatic rings. The lowest BCUT2D eigenvalue weighted by Crippen LogP contribution is -2.55. The van der Waals surface area contributed by atoms with Crippen molar-refractivity contribution in [3.63, 3.8) is 0 Å². The van der Waals surface area contributed by atoms with E-state index in [1.807, 2.05) is 52.9 Å². The number of alkyl halides is 1. The van der Waals surface area contributed by atoms with E-state index in [4.69, 9.17) is 14.2 Å². The molecule has 0 bridgehead atoms. The van der Waals surface area contributed by atoms with E-state index in [1.165, 1.54) is 38.7 Å². The van der Waals surface area contributed by atoms with E-state index < -0.39 is 47.0 Å². The molecule has 2 amide bonds. The summed E-state index contributed by atoms with van der Waals surface area (Å²) in [5.41, 5.74) is -0.687. The van der Waals surface area contributed by atoms with E-state index in [0.717, 1.165) is 5.56 Å². The molecule has 0 aliphatic heterocycles. The molecule has 218 valence electrons. The van der Waals surface area contributed by atoms with Crippen LogP contribution in [-0.2, 0) is 39.8 Å². The van der Waals surface area contributed by atoms with Crippen molar-refractivity contribution in [1.82, 2.24) is 15.6 Å². The minimum Gasteiger partial charge on any atom is -0.453 e. The summed E-state index contributed by atoms with van der Waals surface area (Å²) in [6, 6.07) is 7.00. The van der Waals surface area contributed by atoms with Gasteiger partial charge in [0.2, 0.25) is 5.91 Å². The van der Waals surface area contributed by atoms with Crippen LogP contribution in [0.5, 0.6) is 0 Å². The van der Waals surface area contributed by atoms with E-state index in [1.54, 1.807) is 6.92 Å². The molecule has 0 fully saturated rings. The molecular formula is C27H34IN3O8S. The molecule has 1 heterocycles. The van der Waals surface area contributed by atoms with Crippen molar-refractivity contribution in [2.45, 2.75) is 44.4 Å². The largest absolute Gasteiger partial charge is 0.453 e. The average molecular weight is 688 g/mol. The van der Waals surface area contributed by atoms with Crippen LogP contribution in [0.25, 0.3) is 0 Å². The first-order valence-electron chi connectivity index (χ1n) is 12.4. The van der Waals surface area contributed by atoms with E-state index in [0.29, 0.717) is 9.88 Å². The third kappa shape index (κ3) is 9.71. The summed E-state index contributed by atoms with van der Waals surface area (Å²) in [5.74, 6) is -2.97. The van der Waals surface area contributed by atoms with Gasteiger partial charge in [0.1, 0.15) is 10.9 Å². The Balaban J connectivity index is 2.23. The number of rotatable bonds is 18. The molecule has 2 rings (SSSR count). The summed E-state index contributed by atoms with van der Waals surface area (Å²) in [5, 5.41) is 6.10. The number of nitrogens with one attached hydrogen (secondary N) is 2. The topological polar surface area (TPSA) is 150 Å². The molecule has 40 heavy (non-hydrogen) atoms. The van der Waals surface area contributed by atoms with Crippen LogP contribution >= 0.6 is 33.9 Å². The fourth-order valence-electron chi connectivity index (χ4n) is 3.87. The molecule has 2 aromatic rings. The number of Topliss-reactive ketones (excluding diaryl/α,β-unsaturated/α-hetero) is 2. The van der Waals surface area contributed by atoms with Gasteiger partial charge in [-0.25, -0.2) is 4.98 Å². The zero-order valence-electron chi connectivity index (χ0n) is 22.8. The number of amides is 2. The number of methoxy groups -OCH3 is 2. The fourth-order valence-corrected chi connectivity index (χ4v) is 5.11. The molecule has 13 heteroatoms. The summed E-state index contributed by atoms with van der Waals surface area (Å²) >= 11 is 3.13. The molecule has 0 radical (unpaired) electrons. The summed E-state index contributed by atoms with van der Waals surface area (Å²) in [6.07, 6.45) is 1.28. The molecular weight excluding hydrogens is 653 g/mol. The fraction of sp³-hybridized carbons (Fsp3) is 0.481. The number of hydrogen-bond acceptors (Lipinski definition) is 10. The highest BCUT2D eigenvalue weighted by atomic mass is 127. The lowest BCUT2D eigenvalue weighted by molar-refractivity contribution is -0.153. The van der Waals surface area contributed by atoms with Crippen LogP contribution in [0.15, 0.2) is 36.5 Å². The monoisotopic (exact) mass is 687 g/mol. The third-order valence-electron chi connectivity index (χ3n) is 6.06. The lowest BCUT2D eigenvalue weighted by atomic mass is 9.91. The summed E-state index contributed by atoms with van der Waals surface area (Å²) in [4.78, 5) is 68.3. The predicted octanol–water partition coefficient (Wildman–Crippen LogP) is 2.08. The van der Waals surface area contributed by atoms with Crippen LogP contribution in [0.4, 0.5) is 0 Å². The van der Waals surface area contributed by atoms with Gasteiger partial charge in [0.15, 0.2) is 17.2 Å². The van der Waals surface area contributed by atoms with Crippen molar-refractivity contribution in [3.8, 4) is 0 Å². The van der Waals surface area contributed by atoms with Gasteiger partial charge in [0.05, 0.1) is 36.4 Å². The van der Waals surface area contributed by atoms with Crippen LogP contribution in [0.3, 0.4) is 0 Å². The zero-order valence-corrected chi connectivity index (χ0v) is 25.8. The first-order chi connectivity index (χ1) is 19.1. The van der Waals surface area contributed by atoms with E-state index in [9.17, 15) is 24.0 Å². The molecule has 2 N–H and O–H groups in total. The van der Waals surface area contributed by atoms with E-state index >= 15 is 0 Å². The molecule has 4 atom stereocenters. The van der Waals surface area contributed by atoms with E-state index in [2.05, 4.69) is 15.6 Å². The maximum atomic E-state index is 13.5. The Hall–Kier alpha value is -2.75. The van der Waals surface area contributed by atoms with Gasteiger partial charge in [-0.15, -0.1) is 11.3 Å². The normalized spacial score (nSPS) is 14.7. The van der Waals surface area contributed by atoms with Crippen molar-refractivity contribution in [3.05, 3.63) is 52.0 Å². The van der Waals surface area contributed by atoms with Crippen LogP contribution in [0.1, 0.15) is 33.6 Å². The highest BCUT2D eigenvalue weighted by molar-refractivity contribution is 14.1. The Labute approximate surface area is 250 Å². The quantitative estimate of drug-likeness (QED) is 0.137. The van der Waals surface area contributed by atoms with Gasteiger partial charge in [-0.1, -0.05) is 52.9 Å². The zero-order chi connectivity index (χ0) is 29.7. The SMILES string of the molecule is COC[C@H](CC(=O)[C@H](COC)NC(=O)c1cnc(C)s1)C(=O)N[C@@H](Cc1ccccc1)C(=O)[C@@](C)(CI)OC=O. The van der Waals surface area contributed by atoms with Gasteiger partial charge in [0, 0.05) is 25.1 Å². The second-order valence-electron chi connectivity index (χ2n) is 9.24. The number of aromatic nitrogens is 1. The van der Waals surface area contributed by atoms with Gasteiger partial charge in [0.25, 0.3) is 12.4 Å². The van der Waals surface area contributed by atoms with Crippen molar-refractivity contribution in [1.29, 1.82) is 0 Å². The Bertz CT molecular complexity index is 1160. The summed E-state index contributed by atoms with van der Waals surface area (Å²) < 4.78 is 15.6. The maximum absolute atomic E-state index is 13.5. The Kier molecular flexibility index (Phi) is 13.8. The van der Waals surface area contributed by atoms with Gasteiger partial charge < -0.3 is 24.8 Å². The first-order valence-corrected chi connectivity index (χ1v) is 14.7. The van der Waals surface area contributed by atoms with Crippen molar-refractivity contribution in [2.75, 3.05) is 31.9 Å². The number of thiazole rings is 1. The number of carbonyl (C=O) groups excluding carboxylic acids is 5. The molecule has 0 unspecified atom stereocenters.